The van der Waals surface area contributed by atoms with E-state index in [1.54, 1.807) is 133 Å². The van der Waals surface area contributed by atoms with Gasteiger partial charge in [-0.05, 0) is 102 Å². The number of nitrogens with one attached hydrogen (secondary N) is 10. The van der Waals surface area contributed by atoms with E-state index in [0.29, 0.717) is 50.7 Å². The molecule has 0 saturated heterocycles. The van der Waals surface area contributed by atoms with Crippen molar-refractivity contribution in [2.75, 3.05) is 32.3 Å². The van der Waals surface area contributed by atoms with Gasteiger partial charge in [-0.25, -0.2) is 19.6 Å². The first-order valence-corrected chi connectivity index (χ1v) is 29.9. The number of amides is 6. The van der Waals surface area contributed by atoms with Gasteiger partial charge >= 0.3 is 12.2 Å². The number of nitrogens with zero attached hydrogens (tertiary/aromatic N) is 4. The molecule has 490 valence electrons. The van der Waals surface area contributed by atoms with E-state index in [4.69, 9.17) is 31.8 Å². The highest BCUT2D eigenvalue weighted by atomic mass is 16.6. The van der Waals surface area contributed by atoms with Crippen LogP contribution >= 0.6 is 0 Å². The molecule has 0 aliphatic heterocycles. The number of alkyl carbamates (subject to hydrolysis) is 1. The Labute approximate surface area is 539 Å². The van der Waals surface area contributed by atoms with E-state index in [0.717, 1.165) is 16.7 Å². The third kappa shape index (κ3) is 22.1. The lowest BCUT2D eigenvalue weighted by Gasteiger charge is -2.21. The monoisotopic (exact) mass is 1270 g/mol. The summed E-state index contributed by atoms with van der Waals surface area (Å²) in [5.74, 6) is -1.92. The zero-order chi connectivity index (χ0) is 68.3. The average molecular weight is 1270 g/mol. The number of benzene rings is 5. The van der Waals surface area contributed by atoms with Crippen LogP contribution in [-0.2, 0) is 61.4 Å². The first kappa shape index (κ1) is 70.9. The average Bonchev–Trinajstić information content (AvgIpc) is 0.815. The molecule has 26 heteroatoms. The van der Waals surface area contributed by atoms with Crippen LogP contribution in [0.4, 0.5) is 44.0 Å². The lowest BCUT2D eigenvalue weighted by atomic mass is 10.1. The number of rotatable bonds is 23. The molecule has 2 heterocycles. The van der Waals surface area contributed by atoms with Crippen LogP contribution in [0.5, 0.6) is 0 Å². The first-order valence-electron chi connectivity index (χ1n) is 29.9. The highest BCUT2D eigenvalue weighted by Crippen LogP contribution is 2.29. The summed E-state index contributed by atoms with van der Waals surface area (Å²) in [4.78, 5) is 112. The number of ether oxygens (including phenoxy) is 2. The van der Waals surface area contributed by atoms with Gasteiger partial charge in [-0.3, -0.25) is 59.4 Å². The second kappa shape index (κ2) is 32.5. The Balaban J connectivity index is 0.000000296. The number of carbonyl (C=O) groups excluding carboxylic acids is 6. The summed E-state index contributed by atoms with van der Waals surface area (Å²) in [5, 5.41) is 38.1. The Morgan fingerprint density at radius 3 is 1.44 bits per heavy atom. The van der Waals surface area contributed by atoms with Crippen molar-refractivity contribution in [3.05, 3.63) is 176 Å². The largest absolute Gasteiger partial charge is 0.444 e. The molecule has 7 aromatic rings. The van der Waals surface area contributed by atoms with Gasteiger partial charge in [0.15, 0.2) is 11.6 Å². The highest BCUT2D eigenvalue weighted by molar-refractivity contribution is 6.04. The van der Waals surface area contributed by atoms with Gasteiger partial charge in [0.2, 0.25) is 23.6 Å². The van der Waals surface area contributed by atoms with E-state index >= 15 is 0 Å². The summed E-state index contributed by atoms with van der Waals surface area (Å²) in [7, 11) is 0. The second-order valence-corrected chi connectivity index (χ2v) is 23.8. The van der Waals surface area contributed by atoms with Crippen molar-refractivity contribution in [3.8, 4) is 22.5 Å². The van der Waals surface area contributed by atoms with E-state index in [1.165, 1.54) is 21.5 Å². The minimum Gasteiger partial charge on any atom is -0.444 e. The van der Waals surface area contributed by atoms with Crippen LogP contribution in [0.25, 0.3) is 22.5 Å². The number of anilines is 6. The molecule has 26 nitrogen and oxygen atoms in total. The Bertz CT molecular complexity index is 3970. The van der Waals surface area contributed by atoms with Crippen LogP contribution in [0, 0.1) is 22.7 Å². The molecule has 0 aliphatic carbocycles. The second-order valence-electron chi connectivity index (χ2n) is 23.8. The third-order valence-corrected chi connectivity index (χ3v) is 13.2. The molecule has 0 atom stereocenters. The van der Waals surface area contributed by atoms with Crippen LogP contribution in [0.15, 0.2) is 137 Å². The molecule has 6 amide bonds. The number of carbonyl (C=O) groups is 6. The van der Waals surface area contributed by atoms with Crippen molar-refractivity contribution in [1.82, 2.24) is 35.1 Å². The van der Waals surface area contributed by atoms with Crippen molar-refractivity contribution < 1.29 is 38.2 Å². The van der Waals surface area contributed by atoms with Gasteiger partial charge in [0.25, 0.3) is 11.1 Å². The number of nitrogen functional groups attached to an aromatic ring is 2. The van der Waals surface area contributed by atoms with Crippen LogP contribution in [-0.4, -0.2) is 84.3 Å². The molecule has 0 aliphatic rings. The number of nitrogens with two attached hydrogens (primary N) is 2. The molecule has 7 rings (SSSR count). The van der Waals surface area contributed by atoms with Gasteiger partial charge in [0, 0.05) is 82.0 Å². The molecule has 5 aromatic carbocycles. The van der Waals surface area contributed by atoms with Crippen LogP contribution in [0.3, 0.4) is 0 Å². The minimum atomic E-state index is -0.747. The van der Waals surface area contributed by atoms with Gasteiger partial charge in [-0.2, -0.15) is 0 Å². The summed E-state index contributed by atoms with van der Waals surface area (Å²) in [6.45, 7) is 19.5. The number of hydrogen-bond donors (Lipinski definition) is 12. The van der Waals surface area contributed by atoms with E-state index in [9.17, 15) is 38.4 Å². The van der Waals surface area contributed by atoms with Gasteiger partial charge in [0.05, 0.1) is 23.8 Å². The summed E-state index contributed by atoms with van der Waals surface area (Å²) in [5.41, 5.74) is 16.2. The molecule has 2 aromatic heterocycles. The maximum absolute atomic E-state index is 13.6. The molecular formula is C67H82N16O10. The van der Waals surface area contributed by atoms with Crippen LogP contribution in [0.1, 0.15) is 104 Å². The van der Waals surface area contributed by atoms with Gasteiger partial charge in [0.1, 0.15) is 37.0 Å². The summed E-state index contributed by atoms with van der Waals surface area (Å²) in [6.07, 6.45) is 1.50. The van der Waals surface area contributed by atoms with Crippen molar-refractivity contribution in [3.63, 3.8) is 0 Å². The van der Waals surface area contributed by atoms with Crippen LogP contribution in [0.2, 0.25) is 0 Å². The summed E-state index contributed by atoms with van der Waals surface area (Å²) in [6, 6.07) is 32.4. The zero-order valence-corrected chi connectivity index (χ0v) is 54.0. The molecule has 0 fully saturated rings. The lowest BCUT2D eigenvalue weighted by Crippen LogP contribution is -2.35. The van der Waals surface area contributed by atoms with Gasteiger partial charge in [-0.1, -0.05) is 107 Å². The fraction of sp³-hybridized carbons (Fsp3) is 0.313. The van der Waals surface area contributed by atoms with Crippen molar-refractivity contribution in [1.29, 1.82) is 10.8 Å². The predicted octanol–water partition coefficient (Wildman–Crippen LogP) is 8.75. The molecule has 0 spiro atoms. The maximum Gasteiger partial charge on any atom is 0.413 e. The maximum atomic E-state index is 13.6. The Morgan fingerprint density at radius 1 is 0.559 bits per heavy atom. The third-order valence-electron chi connectivity index (χ3n) is 13.2. The predicted molar refractivity (Wildman–Crippen MR) is 361 cm³/mol. The Kier molecular flexibility index (Phi) is 24.8. The van der Waals surface area contributed by atoms with E-state index in [2.05, 4.69) is 52.5 Å². The van der Waals surface area contributed by atoms with Crippen molar-refractivity contribution in [2.24, 2.45) is 17.6 Å². The number of hydrogen-bond acceptors (Lipinski definition) is 17. The molecule has 93 heavy (non-hydrogen) atoms. The van der Waals surface area contributed by atoms with E-state index in [1.807, 2.05) is 58.0 Å². The summed E-state index contributed by atoms with van der Waals surface area (Å²) < 4.78 is 13.2. The Morgan fingerprint density at radius 2 is 1.00 bits per heavy atom. The molecular weight excluding hydrogens is 1190 g/mol. The first-order chi connectivity index (χ1) is 43.9. The quantitative estimate of drug-likeness (QED) is 0.0162. The van der Waals surface area contributed by atoms with E-state index < -0.39 is 40.7 Å². The van der Waals surface area contributed by atoms with Crippen molar-refractivity contribution >= 4 is 81.9 Å². The Hall–Kier alpha value is -11.2. The fourth-order valence-corrected chi connectivity index (χ4v) is 8.61. The summed E-state index contributed by atoms with van der Waals surface area (Å²) >= 11 is 0. The minimum absolute atomic E-state index is 0.0571. The topological polar surface area (TPSA) is 387 Å². The van der Waals surface area contributed by atoms with Crippen molar-refractivity contribution in [2.45, 2.75) is 127 Å². The normalized spacial score (nSPS) is 11.0. The standard InChI is InChI=1S/C35H40N8O5.C32H42N8O5/c1-21(2)33(45)41-28-15-26(14-27(36)16-28)29-18-39-32(40-22(3)4)34(46)43(29)19-30(44)38-17-23-10-12-25(13-11-23)31(37)42-35(47)48-20-24-8-6-5-7-9-24;1-18(2)29(42)38-23-12-22(13-24(14-23)39-31(44)45-32(5,6)7)25-16-36-28(37-19(3)4)30(43)40(25)17-26(41)35-15-20-8-10-21(11-9-20)27(33)34/h5-16,18,21-22H,17,19-20,36H2,1-4H3,(H,38,44)(H,39,40)(H,41,45)(H2,37,42,47);8-14,16,18-19H,15,17H2,1-7H3,(H3,33,34)(H,35,41)(H,36,37)(H,38,42)(H,39,44). The lowest BCUT2D eigenvalue weighted by molar-refractivity contribution is -0.122. The van der Waals surface area contributed by atoms with Gasteiger partial charge in [-0.15, -0.1) is 0 Å². The molecule has 0 radical (unpaired) electrons. The molecule has 0 unspecified atom stereocenters. The van der Waals surface area contributed by atoms with E-state index in [-0.39, 0.29) is 97.5 Å². The molecule has 0 saturated carbocycles. The van der Waals surface area contributed by atoms with Gasteiger partial charge < -0.3 is 52.8 Å². The number of aromatic nitrogens is 4. The smallest absolute Gasteiger partial charge is 0.413 e. The fourth-order valence-electron chi connectivity index (χ4n) is 8.61. The highest BCUT2D eigenvalue weighted by Gasteiger charge is 2.22. The SMILES string of the molecule is CC(C)Nc1ncc(-c2cc(N)cc(NC(=O)C(C)C)c2)n(CC(=O)NCc2ccc(C(=N)NC(=O)OCc3ccccc3)cc2)c1=O.CC(C)Nc1ncc(-c2cc(NC(=O)OC(C)(C)C)cc(NC(=O)C(C)C)c2)n(CC(=O)NCc2ccc(C(=N)N)cc2)c1=O. The molecule has 0 bridgehead atoms. The molecule has 14 N–H and O–H groups in total. The van der Waals surface area contributed by atoms with Crippen LogP contribution < -0.4 is 65.1 Å². The number of amidine groups is 2. The zero-order valence-electron chi connectivity index (χ0n) is 54.0.